The smallest absolute Gasteiger partial charge is 0.243 e. The highest BCUT2D eigenvalue weighted by molar-refractivity contribution is 5.96. The van der Waals surface area contributed by atoms with Gasteiger partial charge in [0.15, 0.2) is 0 Å². The first-order valence-electron chi connectivity index (χ1n) is 7.90. The highest BCUT2D eigenvalue weighted by Crippen LogP contribution is 2.33. The Morgan fingerprint density at radius 3 is 2.84 bits per heavy atom. The molecule has 3 N–H and O–H groups in total. The lowest BCUT2D eigenvalue weighted by Gasteiger charge is -2.30. The number of nitrogens with one attached hydrogen (secondary N) is 1. The van der Waals surface area contributed by atoms with Crippen LogP contribution in [0.2, 0.25) is 0 Å². The molecule has 0 spiro atoms. The molecule has 7 heteroatoms. The third-order valence-electron chi connectivity index (χ3n) is 3.96. The molecular weight excluding hydrogens is 322 g/mol. The van der Waals surface area contributed by atoms with Gasteiger partial charge in [0, 0.05) is 17.8 Å². The Morgan fingerprint density at radius 1 is 1.24 bits per heavy atom. The zero-order chi connectivity index (χ0) is 17.8. The monoisotopic (exact) mass is 343 g/mol. The van der Waals surface area contributed by atoms with E-state index in [9.17, 15) is 4.79 Å². The van der Waals surface area contributed by atoms with Crippen molar-refractivity contribution in [2.24, 2.45) is 0 Å². The largest absolute Gasteiger partial charge is 0.497 e. The number of methoxy groups -OCH3 is 2. The average Bonchev–Trinajstić information content (AvgIpc) is 2.61. The molecule has 1 heterocycles. The van der Waals surface area contributed by atoms with Crippen molar-refractivity contribution in [3.8, 4) is 17.2 Å². The van der Waals surface area contributed by atoms with Crippen LogP contribution in [-0.2, 0) is 4.79 Å². The van der Waals surface area contributed by atoms with E-state index in [4.69, 9.17) is 19.9 Å². The van der Waals surface area contributed by atoms with E-state index in [2.05, 4.69) is 5.32 Å². The van der Waals surface area contributed by atoms with Crippen LogP contribution in [0.5, 0.6) is 17.2 Å². The maximum Gasteiger partial charge on any atom is 0.243 e. The van der Waals surface area contributed by atoms with Gasteiger partial charge >= 0.3 is 0 Å². The number of nitrogen functional groups attached to an aromatic ring is 1. The van der Waals surface area contributed by atoms with E-state index in [1.807, 2.05) is 11.0 Å². The summed E-state index contributed by atoms with van der Waals surface area (Å²) in [5, 5.41) is 2.87. The second kappa shape index (κ2) is 7.21. The number of amides is 1. The molecule has 3 rings (SSSR count). The number of carbonyl (C=O) groups excluding carboxylic acids is 1. The molecule has 0 aliphatic carbocycles. The number of rotatable bonds is 5. The predicted octanol–water partition coefficient (Wildman–Crippen LogP) is 2.12. The summed E-state index contributed by atoms with van der Waals surface area (Å²) in [4.78, 5) is 14.5. The minimum atomic E-state index is -0.156. The van der Waals surface area contributed by atoms with Crippen molar-refractivity contribution >= 4 is 23.0 Å². The number of nitrogens with zero attached hydrogens (tertiary/aromatic N) is 1. The molecule has 0 radical (unpaired) electrons. The van der Waals surface area contributed by atoms with Gasteiger partial charge in [-0.05, 0) is 24.3 Å². The molecule has 25 heavy (non-hydrogen) atoms. The minimum Gasteiger partial charge on any atom is -0.497 e. The van der Waals surface area contributed by atoms with E-state index in [0.29, 0.717) is 41.8 Å². The Labute approximate surface area is 146 Å². The van der Waals surface area contributed by atoms with Crippen molar-refractivity contribution in [1.82, 2.24) is 0 Å². The number of nitrogens with two attached hydrogens (primary N) is 1. The summed E-state index contributed by atoms with van der Waals surface area (Å²) in [7, 11) is 3.13. The van der Waals surface area contributed by atoms with Crippen LogP contribution in [0.4, 0.5) is 17.1 Å². The number of ether oxygens (including phenoxy) is 3. The second-order valence-electron chi connectivity index (χ2n) is 5.61. The molecule has 7 nitrogen and oxygen atoms in total. The lowest BCUT2D eigenvalue weighted by Crippen LogP contribution is -2.38. The molecule has 0 fully saturated rings. The van der Waals surface area contributed by atoms with E-state index in [0.717, 1.165) is 5.69 Å². The number of benzene rings is 2. The van der Waals surface area contributed by atoms with Crippen molar-refractivity contribution < 1.29 is 19.0 Å². The maximum absolute atomic E-state index is 12.5. The van der Waals surface area contributed by atoms with Crippen molar-refractivity contribution in [1.29, 1.82) is 0 Å². The summed E-state index contributed by atoms with van der Waals surface area (Å²) >= 11 is 0. The fourth-order valence-electron chi connectivity index (χ4n) is 2.73. The summed E-state index contributed by atoms with van der Waals surface area (Å²) in [5.74, 6) is 1.75. The van der Waals surface area contributed by atoms with Gasteiger partial charge in [0.1, 0.15) is 23.9 Å². The van der Waals surface area contributed by atoms with Crippen LogP contribution in [0.15, 0.2) is 36.4 Å². The van der Waals surface area contributed by atoms with Crippen LogP contribution >= 0.6 is 0 Å². The van der Waals surface area contributed by atoms with E-state index in [1.165, 1.54) is 0 Å². The minimum absolute atomic E-state index is 0.156. The Kier molecular flexibility index (Phi) is 4.83. The lowest BCUT2D eigenvalue weighted by molar-refractivity contribution is -0.115. The molecule has 1 aliphatic rings. The Bertz CT molecular complexity index is 779. The van der Waals surface area contributed by atoms with Gasteiger partial charge in [-0.2, -0.15) is 0 Å². The topological polar surface area (TPSA) is 86.0 Å². The van der Waals surface area contributed by atoms with E-state index < -0.39 is 0 Å². The van der Waals surface area contributed by atoms with E-state index in [-0.39, 0.29) is 12.5 Å². The molecule has 0 atom stereocenters. The molecule has 0 saturated heterocycles. The van der Waals surface area contributed by atoms with Crippen LogP contribution in [-0.4, -0.2) is 39.8 Å². The molecule has 2 aromatic rings. The number of carbonyl (C=O) groups is 1. The standard InChI is InChI=1S/C18H21N3O4/c1-23-13-4-6-16(24-2)14(10-13)20-18(22)11-21-7-8-25-17-9-12(19)3-5-15(17)21/h3-6,9-10H,7-8,11,19H2,1-2H3,(H,20,22). The second-order valence-corrected chi connectivity index (χ2v) is 5.61. The Morgan fingerprint density at radius 2 is 2.08 bits per heavy atom. The van der Waals surface area contributed by atoms with E-state index in [1.54, 1.807) is 44.6 Å². The zero-order valence-corrected chi connectivity index (χ0v) is 14.2. The van der Waals surface area contributed by atoms with Gasteiger partial charge < -0.3 is 30.2 Å². The van der Waals surface area contributed by atoms with Gasteiger partial charge in [0.2, 0.25) is 5.91 Å². The average molecular weight is 343 g/mol. The molecule has 0 saturated carbocycles. The molecule has 132 valence electrons. The quantitative estimate of drug-likeness (QED) is 0.809. The first-order valence-corrected chi connectivity index (χ1v) is 7.90. The summed E-state index contributed by atoms with van der Waals surface area (Å²) in [6, 6.07) is 10.7. The fourth-order valence-corrected chi connectivity index (χ4v) is 2.73. The van der Waals surface area contributed by atoms with Crippen LogP contribution in [0.3, 0.4) is 0 Å². The van der Waals surface area contributed by atoms with Crippen LogP contribution in [0, 0.1) is 0 Å². The molecule has 2 aromatic carbocycles. The molecule has 1 amide bonds. The molecule has 1 aliphatic heterocycles. The van der Waals surface area contributed by atoms with Crippen molar-refractivity contribution in [2.75, 3.05) is 49.9 Å². The number of hydrogen-bond acceptors (Lipinski definition) is 6. The first-order chi connectivity index (χ1) is 12.1. The van der Waals surface area contributed by atoms with Gasteiger partial charge in [-0.1, -0.05) is 0 Å². The maximum atomic E-state index is 12.5. The summed E-state index contributed by atoms with van der Waals surface area (Å²) in [6.07, 6.45) is 0. The Hall–Kier alpha value is -3.09. The van der Waals surface area contributed by atoms with E-state index >= 15 is 0 Å². The third-order valence-corrected chi connectivity index (χ3v) is 3.96. The van der Waals surface area contributed by atoms with Gasteiger partial charge in [-0.25, -0.2) is 0 Å². The number of hydrogen-bond donors (Lipinski definition) is 2. The normalized spacial score (nSPS) is 12.8. The lowest BCUT2D eigenvalue weighted by atomic mass is 10.2. The summed E-state index contributed by atoms with van der Waals surface area (Å²) in [5.41, 5.74) is 7.84. The SMILES string of the molecule is COc1ccc(OC)c(NC(=O)CN2CCOc3cc(N)ccc32)c1. The third kappa shape index (κ3) is 3.71. The Balaban J connectivity index is 1.74. The van der Waals surface area contributed by atoms with Gasteiger partial charge in [0.05, 0.1) is 38.7 Å². The summed E-state index contributed by atoms with van der Waals surface area (Å²) < 4.78 is 16.1. The zero-order valence-electron chi connectivity index (χ0n) is 14.2. The summed E-state index contributed by atoms with van der Waals surface area (Å²) in [6.45, 7) is 1.33. The van der Waals surface area contributed by atoms with Crippen molar-refractivity contribution in [2.45, 2.75) is 0 Å². The highest BCUT2D eigenvalue weighted by Gasteiger charge is 2.21. The highest BCUT2D eigenvalue weighted by atomic mass is 16.5. The van der Waals surface area contributed by atoms with Crippen LogP contribution in [0.25, 0.3) is 0 Å². The van der Waals surface area contributed by atoms with Gasteiger partial charge in [-0.15, -0.1) is 0 Å². The van der Waals surface area contributed by atoms with Crippen molar-refractivity contribution in [3.63, 3.8) is 0 Å². The molecule has 0 bridgehead atoms. The number of anilines is 3. The van der Waals surface area contributed by atoms with Crippen molar-refractivity contribution in [3.05, 3.63) is 36.4 Å². The van der Waals surface area contributed by atoms with Gasteiger partial charge in [-0.3, -0.25) is 4.79 Å². The molecular formula is C18H21N3O4. The predicted molar refractivity (Wildman–Crippen MR) is 96.7 cm³/mol. The number of fused-ring (bicyclic) bond motifs is 1. The first kappa shape index (κ1) is 16.8. The molecule has 0 unspecified atom stereocenters. The fraction of sp³-hybridized carbons (Fsp3) is 0.278. The van der Waals surface area contributed by atoms with Gasteiger partial charge in [0.25, 0.3) is 0 Å². The van der Waals surface area contributed by atoms with Crippen LogP contribution < -0.4 is 30.2 Å². The van der Waals surface area contributed by atoms with Crippen LogP contribution in [0.1, 0.15) is 0 Å². The molecule has 0 aromatic heterocycles.